The van der Waals surface area contributed by atoms with E-state index in [2.05, 4.69) is 20.3 Å². The summed E-state index contributed by atoms with van der Waals surface area (Å²) in [5.74, 6) is -9.94. The van der Waals surface area contributed by atoms with Crippen LogP contribution in [-0.2, 0) is 0 Å². The Morgan fingerprint density at radius 2 is 1.52 bits per heavy atom. The van der Waals surface area contributed by atoms with E-state index in [1.54, 1.807) is 25.1 Å². The molecule has 0 aliphatic rings. The molecular weight excluding hydrogens is 416 g/mol. The van der Waals surface area contributed by atoms with Gasteiger partial charge in [-0.25, -0.2) is 8.78 Å². The number of halogens is 4. The Labute approximate surface area is 173 Å². The number of anilines is 1. The Kier molecular flexibility index (Phi) is 5.05. The van der Waals surface area contributed by atoms with Crippen molar-refractivity contribution in [2.24, 2.45) is 0 Å². The quantitative estimate of drug-likeness (QED) is 0.381. The summed E-state index contributed by atoms with van der Waals surface area (Å²) in [6.45, 7) is 1.62. The fourth-order valence-corrected chi connectivity index (χ4v) is 3.05. The first-order chi connectivity index (χ1) is 14.8. The molecule has 0 saturated heterocycles. The summed E-state index contributed by atoms with van der Waals surface area (Å²) in [6, 6.07) is 12.1. The third-order valence-corrected chi connectivity index (χ3v) is 4.62. The van der Waals surface area contributed by atoms with Gasteiger partial charge in [0, 0.05) is 5.69 Å². The van der Waals surface area contributed by atoms with Crippen LogP contribution in [0.5, 0.6) is 5.75 Å². The van der Waals surface area contributed by atoms with Crippen molar-refractivity contribution < 1.29 is 27.1 Å². The number of aryl methyl sites for hydroxylation is 1. The van der Waals surface area contributed by atoms with Gasteiger partial charge in [-0.2, -0.15) is 13.6 Å². The lowest BCUT2D eigenvalue weighted by Gasteiger charge is -2.12. The molecule has 1 amide bonds. The molecule has 1 aromatic heterocycles. The molecular formula is C21H14F4N4O2. The number of carbonyl (C=O) groups is 1. The second-order valence-electron chi connectivity index (χ2n) is 6.60. The Morgan fingerprint density at radius 3 is 2.10 bits per heavy atom. The number of carbonyl (C=O) groups excluding carboxylic acids is 1. The molecule has 4 aromatic rings. The largest absolute Gasteiger partial charge is 0.491 e. The topological polar surface area (TPSA) is 69.0 Å². The predicted octanol–water partition coefficient (Wildman–Crippen LogP) is 4.55. The van der Waals surface area contributed by atoms with Crippen LogP contribution >= 0.6 is 0 Å². The molecule has 0 aliphatic heterocycles. The van der Waals surface area contributed by atoms with Gasteiger partial charge in [0.2, 0.25) is 11.6 Å². The molecule has 0 bridgehead atoms. The normalized spacial score (nSPS) is 11.0. The minimum Gasteiger partial charge on any atom is -0.491 e. The Bertz CT molecular complexity index is 1290. The van der Waals surface area contributed by atoms with Crippen LogP contribution < -0.4 is 10.1 Å². The van der Waals surface area contributed by atoms with Crippen LogP contribution in [0.2, 0.25) is 0 Å². The number of aromatic nitrogens is 3. The molecule has 0 spiro atoms. The van der Waals surface area contributed by atoms with Crippen molar-refractivity contribution in [3.8, 4) is 11.4 Å². The van der Waals surface area contributed by atoms with E-state index in [1.807, 2.05) is 18.2 Å². The number of nitrogens with zero attached hydrogens (tertiary/aromatic N) is 3. The fraction of sp³-hybridized carbons (Fsp3) is 0.0952. The monoisotopic (exact) mass is 430 g/mol. The van der Waals surface area contributed by atoms with Crippen LogP contribution in [0.25, 0.3) is 16.7 Å². The number of hydrogen-bond donors (Lipinski definition) is 1. The molecule has 158 valence electrons. The number of rotatable bonds is 4. The van der Waals surface area contributed by atoms with Gasteiger partial charge >= 0.3 is 0 Å². The number of hydrogen-bond acceptors (Lipinski definition) is 4. The zero-order valence-corrected chi connectivity index (χ0v) is 16.2. The van der Waals surface area contributed by atoms with Crippen LogP contribution in [0.4, 0.5) is 23.2 Å². The highest BCUT2D eigenvalue weighted by molar-refractivity contribution is 6.06. The van der Waals surface area contributed by atoms with E-state index >= 15 is 0 Å². The standard InChI is InChI=1S/C21H14F4N4O2/c1-10-8-13-14(28-29(27-13)11-6-4-3-5-7-11)9-12(10)26-21(30)15-16(22)18(24)20(31-2)19(25)17(15)23/h3-9H,1-2H3,(H,26,30). The summed E-state index contributed by atoms with van der Waals surface area (Å²) in [4.78, 5) is 13.9. The average molecular weight is 430 g/mol. The number of fused-ring (bicyclic) bond motifs is 1. The summed E-state index contributed by atoms with van der Waals surface area (Å²) in [6.07, 6.45) is 0. The summed E-state index contributed by atoms with van der Waals surface area (Å²) >= 11 is 0. The van der Waals surface area contributed by atoms with Crippen LogP contribution in [0.15, 0.2) is 42.5 Å². The van der Waals surface area contributed by atoms with E-state index in [-0.39, 0.29) is 5.69 Å². The molecule has 31 heavy (non-hydrogen) atoms. The molecule has 0 atom stereocenters. The number of methoxy groups -OCH3 is 1. The number of nitrogens with one attached hydrogen (secondary N) is 1. The van der Waals surface area contributed by atoms with E-state index in [9.17, 15) is 22.4 Å². The van der Waals surface area contributed by atoms with Crippen LogP contribution in [0.1, 0.15) is 15.9 Å². The van der Waals surface area contributed by atoms with Crippen molar-refractivity contribution in [2.45, 2.75) is 6.92 Å². The second kappa shape index (κ2) is 7.71. The summed E-state index contributed by atoms with van der Waals surface area (Å²) in [5.41, 5.74) is 0.846. The van der Waals surface area contributed by atoms with Gasteiger partial charge in [0.05, 0.1) is 12.8 Å². The zero-order valence-electron chi connectivity index (χ0n) is 16.2. The average Bonchev–Trinajstić information content (AvgIpc) is 3.16. The lowest BCUT2D eigenvalue weighted by atomic mass is 10.1. The van der Waals surface area contributed by atoms with E-state index in [1.165, 1.54) is 10.9 Å². The highest BCUT2D eigenvalue weighted by Crippen LogP contribution is 2.31. The molecule has 1 heterocycles. The van der Waals surface area contributed by atoms with Gasteiger partial charge in [-0.1, -0.05) is 18.2 Å². The van der Waals surface area contributed by atoms with Gasteiger partial charge in [-0.15, -0.1) is 10.2 Å². The van der Waals surface area contributed by atoms with Gasteiger partial charge in [-0.3, -0.25) is 4.79 Å². The van der Waals surface area contributed by atoms with Gasteiger partial charge in [0.15, 0.2) is 17.4 Å². The number of amides is 1. The van der Waals surface area contributed by atoms with E-state index < -0.39 is 40.5 Å². The minimum atomic E-state index is -1.86. The molecule has 3 aromatic carbocycles. The summed E-state index contributed by atoms with van der Waals surface area (Å²) in [7, 11) is 0.849. The Hall–Kier alpha value is -3.95. The number of benzene rings is 3. The summed E-state index contributed by atoms with van der Waals surface area (Å²) in [5, 5.41) is 10.9. The maximum absolute atomic E-state index is 14.2. The van der Waals surface area contributed by atoms with Gasteiger partial charge in [0.1, 0.15) is 16.6 Å². The van der Waals surface area contributed by atoms with Crippen molar-refractivity contribution in [2.75, 3.05) is 12.4 Å². The number of para-hydroxylation sites is 1. The number of ether oxygens (including phenoxy) is 1. The molecule has 0 unspecified atom stereocenters. The van der Waals surface area contributed by atoms with Crippen molar-refractivity contribution in [1.82, 2.24) is 15.0 Å². The molecule has 4 rings (SSSR count). The van der Waals surface area contributed by atoms with E-state index in [0.29, 0.717) is 22.3 Å². The lowest BCUT2D eigenvalue weighted by molar-refractivity contribution is 0.101. The first-order valence-corrected chi connectivity index (χ1v) is 8.96. The van der Waals surface area contributed by atoms with Crippen LogP contribution in [-0.4, -0.2) is 28.0 Å². The van der Waals surface area contributed by atoms with Gasteiger partial charge in [-0.05, 0) is 36.8 Å². The second-order valence-corrected chi connectivity index (χ2v) is 6.60. The maximum Gasteiger partial charge on any atom is 0.261 e. The van der Waals surface area contributed by atoms with Crippen molar-refractivity contribution in [3.63, 3.8) is 0 Å². The third kappa shape index (κ3) is 3.45. The maximum atomic E-state index is 14.2. The highest BCUT2D eigenvalue weighted by Gasteiger charge is 2.30. The van der Waals surface area contributed by atoms with Crippen molar-refractivity contribution >= 4 is 22.6 Å². The first-order valence-electron chi connectivity index (χ1n) is 8.96. The van der Waals surface area contributed by atoms with E-state index in [0.717, 1.165) is 7.11 Å². The molecule has 6 nitrogen and oxygen atoms in total. The fourth-order valence-electron chi connectivity index (χ4n) is 3.05. The predicted molar refractivity (Wildman–Crippen MR) is 104 cm³/mol. The zero-order chi connectivity index (χ0) is 22.3. The highest BCUT2D eigenvalue weighted by atomic mass is 19.2. The van der Waals surface area contributed by atoms with E-state index in [4.69, 9.17) is 0 Å². The van der Waals surface area contributed by atoms with Gasteiger partial charge in [0.25, 0.3) is 5.91 Å². The first kappa shape index (κ1) is 20.3. The third-order valence-electron chi connectivity index (χ3n) is 4.62. The Balaban J connectivity index is 1.72. The molecule has 0 radical (unpaired) electrons. The smallest absolute Gasteiger partial charge is 0.261 e. The molecule has 1 N–H and O–H groups in total. The lowest BCUT2D eigenvalue weighted by Crippen LogP contribution is -2.19. The molecule has 0 aliphatic carbocycles. The van der Waals surface area contributed by atoms with Gasteiger partial charge < -0.3 is 10.1 Å². The Morgan fingerprint density at radius 1 is 0.935 bits per heavy atom. The van der Waals surface area contributed by atoms with Crippen LogP contribution in [0.3, 0.4) is 0 Å². The minimum absolute atomic E-state index is 0.146. The molecule has 0 fully saturated rings. The molecule has 0 saturated carbocycles. The summed E-state index contributed by atoms with van der Waals surface area (Å²) < 4.78 is 60.7. The van der Waals surface area contributed by atoms with Crippen molar-refractivity contribution in [1.29, 1.82) is 0 Å². The van der Waals surface area contributed by atoms with Crippen LogP contribution in [0, 0.1) is 30.2 Å². The molecule has 10 heteroatoms. The van der Waals surface area contributed by atoms with Crippen molar-refractivity contribution in [3.05, 3.63) is 76.9 Å². The SMILES string of the molecule is COc1c(F)c(F)c(C(=O)Nc2cc3nn(-c4ccccc4)nc3cc2C)c(F)c1F.